The Morgan fingerprint density at radius 1 is 1.12 bits per heavy atom. The third kappa shape index (κ3) is 3.31. The molecule has 4 nitrogen and oxygen atoms in total. The maximum atomic E-state index is 4.30. The van der Waals surface area contributed by atoms with E-state index in [4.69, 9.17) is 0 Å². The molecule has 17 heavy (non-hydrogen) atoms. The van der Waals surface area contributed by atoms with Gasteiger partial charge in [0.05, 0.1) is 0 Å². The van der Waals surface area contributed by atoms with E-state index in [0.29, 0.717) is 6.04 Å². The highest BCUT2D eigenvalue weighted by Crippen LogP contribution is 2.28. The molecular weight excluding hydrogens is 280 g/mol. The normalized spacial score (nSPS) is 17.5. The lowest BCUT2D eigenvalue weighted by Gasteiger charge is -2.18. The molecule has 1 saturated carbocycles. The highest BCUT2D eigenvalue weighted by molar-refractivity contribution is 9.10. The summed E-state index contributed by atoms with van der Waals surface area (Å²) in [6, 6.07) is 0.549. The molecule has 1 heterocycles. The third-order valence-electron chi connectivity index (χ3n) is 3.22. The Balaban J connectivity index is 2.06. The number of anilines is 2. The van der Waals surface area contributed by atoms with E-state index in [0.717, 1.165) is 16.1 Å². The molecule has 1 aliphatic rings. The number of hydrogen-bond donors (Lipinski definition) is 2. The van der Waals surface area contributed by atoms with Crippen LogP contribution in [0.1, 0.15) is 38.5 Å². The zero-order valence-electron chi connectivity index (χ0n) is 10.2. The van der Waals surface area contributed by atoms with Crippen LogP contribution in [0.25, 0.3) is 0 Å². The zero-order chi connectivity index (χ0) is 12.1. The van der Waals surface area contributed by atoms with E-state index >= 15 is 0 Å². The quantitative estimate of drug-likeness (QED) is 0.840. The summed E-state index contributed by atoms with van der Waals surface area (Å²) in [7, 11) is 1.86. The Morgan fingerprint density at radius 2 is 1.76 bits per heavy atom. The first-order valence-corrected chi connectivity index (χ1v) is 7.05. The van der Waals surface area contributed by atoms with Crippen molar-refractivity contribution >= 4 is 27.6 Å². The second-order valence-corrected chi connectivity index (χ2v) is 5.26. The van der Waals surface area contributed by atoms with Crippen molar-refractivity contribution in [2.45, 2.75) is 44.6 Å². The van der Waals surface area contributed by atoms with Crippen LogP contribution >= 0.6 is 15.9 Å². The average Bonchev–Trinajstić information content (AvgIpc) is 2.60. The first kappa shape index (κ1) is 12.6. The van der Waals surface area contributed by atoms with Gasteiger partial charge in [0.15, 0.2) is 0 Å². The molecule has 0 atom stereocenters. The number of halogens is 1. The molecule has 0 saturated heterocycles. The number of rotatable bonds is 3. The lowest BCUT2D eigenvalue weighted by molar-refractivity contribution is 0.617. The maximum absolute atomic E-state index is 4.30. The van der Waals surface area contributed by atoms with Gasteiger partial charge in [-0.05, 0) is 28.8 Å². The lowest BCUT2D eigenvalue weighted by atomic mass is 10.1. The summed E-state index contributed by atoms with van der Waals surface area (Å²) in [4.78, 5) is 8.46. The van der Waals surface area contributed by atoms with E-state index in [1.807, 2.05) is 7.05 Å². The summed E-state index contributed by atoms with van der Waals surface area (Å²) < 4.78 is 0.923. The van der Waals surface area contributed by atoms with Gasteiger partial charge < -0.3 is 10.6 Å². The first-order valence-electron chi connectivity index (χ1n) is 6.26. The monoisotopic (exact) mass is 298 g/mol. The number of aromatic nitrogens is 2. The standard InChI is InChI=1S/C12H19BrN4/c1-14-11-10(13)12(16-8-15-11)17-9-6-4-2-3-5-7-9/h8-9H,2-7H2,1H3,(H2,14,15,16,17). The molecule has 5 heteroatoms. The van der Waals surface area contributed by atoms with Gasteiger partial charge in [0.1, 0.15) is 22.4 Å². The van der Waals surface area contributed by atoms with Crippen molar-refractivity contribution in [3.8, 4) is 0 Å². The van der Waals surface area contributed by atoms with Gasteiger partial charge in [-0.1, -0.05) is 25.7 Å². The van der Waals surface area contributed by atoms with Crippen LogP contribution in [-0.4, -0.2) is 23.1 Å². The van der Waals surface area contributed by atoms with Gasteiger partial charge in [0.25, 0.3) is 0 Å². The topological polar surface area (TPSA) is 49.8 Å². The Labute approximate surface area is 111 Å². The summed E-state index contributed by atoms with van der Waals surface area (Å²) in [5, 5.41) is 6.57. The van der Waals surface area contributed by atoms with Crippen molar-refractivity contribution in [2.24, 2.45) is 0 Å². The van der Waals surface area contributed by atoms with E-state index in [9.17, 15) is 0 Å². The minimum atomic E-state index is 0.549. The third-order valence-corrected chi connectivity index (χ3v) is 3.97. The predicted molar refractivity (Wildman–Crippen MR) is 74.4 cm³/mol. The molecule has 0 spiro atoms. The van der Waals surface area contributed by atoms with Gasteiger partial charge in [-0.15, -0.1) is 0 Å². The van der Waals surface area contributed by atoms with Crippen molar-refractivity contribution in [3.63, 3.8) is 0 Å². The Morgan fingerprint density at radius 3 is 2.41 bits per heavy atom. The molecule has 2 N–H and O–H groups in total. The van der Waals surface area contributed by atoms with Crippen molar-refractivity contribution in [1.82, 2.24) is 9.97 Å². The van der Waals surface area contributed by atoms with E-state index in [1.54, 1.807) is 6.33 Å². The highest BCUT2D eigenvalue weighted by Gasteiger charge is 2.15. The van der Waals surface area contributed by atoms with Crippen molar-refractivity contribution in [3.05, 3.63) is 10.8 Å². The Bertz CT molecular complexity index is 362. The van der Waals surface area contributed by atoms with Crippen LogP contribution in [0.3, 0.4) is 0 Å². The Hall–Kier alpha value is -0.840. The number of nitrogens with zero attached hydrogens (tertiary/aromatic N) is 2. The fourth-order valence-corrected chi connectivity index (χ4v) is 2.78. The molecule has 1 aliphatic carbocycles. The van der Waals surface area contributed by atoms with Crippen molar-refractivity contribution < 1.29 is 0 Å². The van der Waals surface area contributed by atoms with Crippen LogP contribution in [0.15, 0.2) is 10.8 Å². The molecule has 2 rings (SSSR count). The highest BCUT2D eigenvalue weighted by atomic mass is 79.9. The fourth-order valence-electron chi connectivity index (χ4n) is 2.26. The molecule has 0 bridgehead atoms. The van der Waals surface area contributed by atoms with Gasteiger partial charge in [0.2, 0.25) is 0 Å². The summed E-state index contributed by atoms with van der Waals surface area (Å²) in [6.45, 7) is 0. The van der Waals surface area contributed by atoms with Crippen LogP contribution in [0.4, 0.5) is 11.6 Å². The summed E-state index contributed by atoms with van der Waals surface area (Å²) in [5.41, 5.74) is 0. The van der Waals surface area contributed by atoms with Crippen LogP contribution in [0.5, 0.6) is 0 Å². The molecule has 1 aromatic rings. The number of nitrogens with one attached hydrogen (secondary N) is 2. The van der Waals surface area contributed by atoms with Crippen LogP contribution < -0.4 is 10.6 Å². The summed E-state index contributed by atoms with van der Waals surface area (Å²) >= 11 is 3.54. The molecular formula is C12H19BrN4. The van der Waals surface area contributed by atoms with E-state index in [2.05, 4.69) is 36.5 Å². The van der Waals surface area contributed by atoms with Gasteiger partial charge >= 0.3 is 0 Å². The second kappa shape index (κ2) is 6.19. The van der Waals surface area contributed by atoms with E-state index in [-0.39, 0.29) is 0 Å². The van der Waals surface area contributed by atoms with E-state index < -0.39 is 0 Å². The summed E-state index contributed by atoms with van der Waals surface area (Å²) in [5.74, 6) is 1.73. The molecule has 94 valence electrons. The molecule has 0 aromatic carbocycles. The molecule has 0 radical (unpaired) electrons. The molecule has 0 unspecified atom stereocenters. The van der Waals surface area contributed by atoms with Crippen molar-refractivity contribution in [1.29, 1.82) is 0 Å². The molecule has 0 aliphatic heterocycles. The van der Waals surface area contributed by atoms with Crippen LogP contribution in [-0.2, 0) is 0 Å². The fraction of sp³-hybridized carbons (Fsp3) is 0.667. The second-order valence-electron chi connectivity index (χ2n) is 4.47. The summed E-state index contributed by atoms with van der Waals surface area (Å²) in [6.07, 6.45) is 9.45. The minimum absolute atomic E-state index is 0.549. The smallest absolute Gasteiger partial charge is 0.146 e. The number of hydrogen-bond acceptors (Lipinski definition) is 4. The van der Waals surface area contributed by atoms with Crippen molar-refractivity contribution in [2.75, 3.05) is 17.7 Å². The molecule has 1 aromatic heterocycles. The largest absolute Gasteiger partial charge is 0.372 e. The SMILES string of the molecule is CNc1ncnc(NC2CCCCCC2)c1Br. The first-order chi connectivity index (χ1) is 8.31. The van der Waals surface area contributed by atoms with Crippen LogP contribution in [0.2, 0.25) is 0 Å². The average molecular weight is 299 g/mol. The lowest BCUT2D eigenvalue weighted by Crippen LogP contribution is -2.19. The minimum Gasteiger partial charge on any atom is -0.372 e. The van der Waals surface area contributed by atoms with Gasteiger partial charge in [-0.2, -0.15) is 0 Å². The van der Waals surface area contributed by atoms with E-state index in [1.165, 1.54) is 38.5 Å². The van der Waals surface area contributed by atoms with Gasteiger partial charge in [0, 0.05) is 13.1 Å². The van der Waals surface area contributed by atoms with Gasteiger partial charge in [-0.25, -0.2) is 9.97 Å². The van der Waals surface area contributed by atoms with Gasteiger partial charge in [-0.3, -0.25) is 0 Å². The maximum Gasteiger partial charge on any atom is 0.146 e. The molecule has 0 amide bonds. The van der Waals surface area contributed by atoms with Crippen LogP contribution in [0, 0.1) is 0 Å². The molecule has 1 fully saturated rings. The predicted octanol–water partition coefficient (Wildman–Crippen LogP) is 3.42. The Kier molecular flexibility index (Phi) is 4.59. The zero-order valence-corrected chi connectivity index (χ0v) is 11.8.